The Kier molecular flexibility index (Phi) is 4.84. The maximum atomic E-state index is 12.7. The van der Waals surface area contributed by atoms with Crippen molar-refractivity contribution in [3.8, 4) is 5.75 Å². The van der Waals surface area contributed by atoms with Crippen molar-refractivity contribution in [2.24, 2.45) is 0 Å². The van der Waals surface area contributed by atoms with Gasteiger partial charge in [-0.2, -0.15) is 0 Å². The molecule has 3 rings (SSSR count). The number of rotatable bonds is 5. The Morgan fingerprint density at radius 1 is 1.04 bits per heavy atom. The molecule has 3 aromatic rings. The Hall–Kier alpha value is -2.64. The van der Waals surface area contributed by atoms with E-state index in [-0.39, 0.29) is 22.7 Å². The molecular weight excluding hydrogens is 352 g/mol. The summed E-state index contributed by atoms with van der Waals surface area (Å²) in [5, 5.41) is 0.854. The first-order valence-electron chi connectivity index (χ1n) is 8.07. The average Bonchev–Trinajstić information content (AvgIpc) is 2.60. The Morgan fingerprint density at radius 3 is 2.46 bits per heavy atom. The minimum atomic E-state index is -3.83. The van der Waals surface area contributed by atoms with E-state index in [4.69, 9.17) is 4.74 Å². The normalized spacial score (nSPS) is 11.7. The lowest BCUT2D eigenvalue weighted by molar-refractivity contribution is 0.402. The van der Waals surface area contributed by atoms with Gasteiger partial charge in [0, 0.05) is 17.6 Å². The van der Waals surface area contributed by atoms with Gasteiger partial charge in [0.05, 0.1) is 7.11 Å². The van der Waals surface area contributed by atoms with Gasteiger partial charge < -0.3 is 9.72 Å². The van der Waals surface area contributed by atoms with E-state index in [0.29, 0.717) is 11.1 Å². The van der Waals surface area contributed by atoms with Gasteiger partial charge in [-0.1, -0.05) is 17.7 Å². The third-order valence-corrected chi connectivity index (χ3v) is 5.56. The van der Waals surface area contributed by atoms with Gasteiger partial charge in [0.15, 0.2) is 0 Å². The molecular formula is C19H20N2O4S. The lowest BCUT2D eigenvalue weighted by atomic mass is 10.1. The predicted octanol–water partition coefficient (Wildman–Crippen LogP) is 2.63. The second-order valence-electron chi connectivity index (χ2n) is 6.19. The molecule has 2 aromatic carbocycles. The fraction of sp³-hybridized carbons (Fsp3) is 0.211. The zero-order valence-corrected chi connectivity index (χ0v) is 15.6. The quantitative estimate of drug-likeness (QED) is 0.721. The number of aromatic amines is 1. The van der Waals surface area contributed by atoms with Crippen molar-refractivity contribution in [1.82, 2.24) is 9.71 Å². The number of hydrogen-bond donors (Lipinski definition) is 2. The summed E-state index contributed by atoms with van der Waals surface area (Å²) >= 11 is 0. The van der Waals surface area contributed by atoms with Crippen molar-refractivity contribution in [2.75, 3.05) is 7.11 Å². The number of sulfonamides is 1. The van der Waals surface area contributed by atoms with E-state index >= 15 is 0 Å². The van der Waals surface area contributed by atoms with Crippen LogP contribution in [0.1, 0.15) is 16.7 Å². The van der Waals surface area contributed by atoms with E-state index in [9.17, 15) is 13.2 Å². The second-order valence-corrected chi connectivity index (χ2v) is 7.93. The van der Waals surface area contributed by atoms with Crippen molar-refractivity contribution in [3.63, 3.8) is 0 Å². The van der Waals surface area contributed by atoms with Crippen molar-refractivity contribution in [1.29, 1.82) is 0 Å². The van der Waals surface area contributed by atoms with Crippen LogP contribution >= 0.6 is 0 Å². The van der Waals surface area contributed by atoms with Crippen LogP contribution in [-0.2, 0) is 16.6 Å². The SMILES string of the molecule is COc1ccc(C)cc1S(=O)(=O)NCc1cc2cc(C)ccc2[nH]c1=O. The molecule has 0 aliphatic heterocycles. The van der Waals surface area contributed by atoms with Gasteiger partial charge in [-0.05, 0) is 55.1 Å². The number of fused-ring (bicyclic) bond motifs is 1. The Balaban J connectivity index is 1.93. The third kappa shape index (κ3) is 3.63. The summed E-state index contributed by atoms with van der Waals surface area (Å²) in [6, 6.07) is 12.3. The molecule has 26 heavy (non-hydrogen) atoms. The van der Waals surface area contributed by atoms with Gasteiger partial charge in [0.25, 0.3) is 5.56 Å². The smallest absolute Gasteiger partial charge is 0.252 e. The van der Waals surface area contributed by atoms with Gasteiger partial charge >= 0.3 is 0 Å². The van der Waals surface area contributed by atoms with E-state index in [0.717, 1.165) is 16.5 Å². The molecule has 2 N–H and O–H groups in total. The van der Waals surface area contributed by atoms with E-state index < -0.39 is 10.0 Å². The van der Waals surface area contributed by atoms with Crippen LogP contribution in [0.3, 0.4) is 0 Å². The number of hydrogen-bond acceptors (Lipinski definition) is 4. The molecule has 0 atom stereocenters. The van der Waals surface area contributed by atoms with Gasteiger partial charge in [-0.3, -0.25) is 4.79 Å². The predicted molar refractivity (Wildman–Crippen MR) is 101 cm³/mol. The number of ether oxygens (including phenoxy) is 1. The molecule has 7 heteroatoms. The molecule has 6 nitrogen and oxygen atoms in total. The highest BCUT2D eigenvalue weighted by Crippen LogP contribution is 2.24. The molecule has 136 valence electrons. The molecule has 0 saturated heterocycles. The maximum Gasteiger partial charge on any atom is 0.252 e. The first-order chi connectivity index (χ1) is 12.3. The van der Waals surface area contributed by atoms with Crippen molar-refractivity contribution >= 4 is 20.9 Å². The van der Waals surface area contributed by atoms with Crippen molar-refractivity contribution < 1.29 is 13.2 Å². The van der Waals surface area contributed by atoms with Crippen LogP contribution in [0.4, 0.5) is 0 Å². The fourth-order valence-electron chi connectivity index (χ4n) is 2.75. The molecule has 1 heterocycles. The minimum absolute atomic E-state index is 0.0491. The van der Waals surface area contributed by atoms with Gasteiger partial charge in [-0.25, -0.2) is 13.1 Å². The van der Waals surface area contributed by atoms with Gasteiger partial charge in [0.2, 0.25) is 10.0 Å². The Morgan fingerprint density at radius 2 is 1.73 bits per heavy atom. The highest BCUT2D eigenvalue weighted by molar-refractivity contribution is 7.89. The topological polar surface area (TPSA) is 88.3 Å². The number of nitrogens with one attached hydrogen (secondary N) is 2. The summed E-state index contributed by atoms with van der Waals surface area (Å²) in [5.74, 6) is 0.256. The monoisotopic (exact) mass is 372 g/mol. The van der Waals surface area contributed by atoms with Crippen LogP contribution in [-0.4, -0.2) is 20.5 Å². The van der Waals surface area contributed by atoms with Crippen LogP contribution in [0, 0.1) is 13.8 Å². The zero-order chi connectivity index (χ0) is 18.9. The largest absolute Gasteiger partial charge is 0.495 e. The fourth-order valence-corrected chi connectivity index (χ4v) is 4.01. The standard InChI is InChI=1S/C19H20N2O4S/c1-12-4-6-16-14(8-12)10-15(19(22)21-16)11-20-26(23,24)18-9-13(2)5-7-17(18)25-3/h4-10,20H,11H2,1-3H3,(H,21,22). The molecule has 0 saturated carbocycles. The molecule has 0 amide bonds. The number of pyridine rings is 1. The maximum absolute atomic E-state index is 12.7. The lowest BCUT2D eigenvalue weighted by Crippen LogP contribution is -2.27. The number of aryl methyl sites for hydroxylation is 2. The van der Waals surface area contributed by atoms with Crippen LogP contribution in [0.25, 0.3) is 10.9 Å². The van der Waals surface area contributed by atoms with Gasteiger partial charge in [-0.15, -0.1) is 0 Å². The van der Waals surface area contributed by atoms with Crippen molar-refractivity contribution in [3.05, 3.63) is 69.5 Å². The number of aromatic nitrogens is 1. The van der Waals surface area contributed by atoms with E-state index in [2.05, 4.69) is 9.71 Å². The molecule has 0 radical (unpaired) electrons. The van der Waals surface area contributed by atoms with Gasteiger partial charge in [0.1, 0.15) is 10.6 Å². The van der Waals surface area contributed by atoms with Crippen molar-refractivity contribution in [2.45, 2.75) is 25.3 Å². The minimum Gasteiger partial charge on any atom is -0.495 e. The molecule has 0 aliphatic rings. The van der Waals surface area contributed by atoms with Crippen LogP contribution in [0.2, 0.25) is 0 Å². The summed E-state index contributed by atoms with van der Waals surface area (Å²) in [4.78, 5) is 15.1. The Bertz CT molecular complexity index is 1130. The number of benzene rings is 2. The molecule has 1 aromatic heterocycles. The zero-order valence-electron chi connectivity index (χ0n) is 14.8. The summed E-state index contributed by atoms with van der Waals surface area (Å²) in [6.45, 7) is 3.64. The highest BCUT2D eigenvalue weighted by atomic mass is 32.2. The number of methoxy groups -OCH3 is 1. The van der Waals surface area contributed by atoms with Crippen LogP contribution in [0.5, 0.6) is 5.75 Å². The van der Waals surface area contributed by atoms with E-state index in [1.54, 1.807) is 25.1 Å². The summed E-state index contributed by atoms with van der Waals surface area (Å²) in [5.41, 5.74) is 2.59. The average molecular weight is 372 g/mol. The molecule has 0 unspecified atom stereocenters. The Labute approximate surface area is 151 Å². The first-order valence-corrected chi connectivity index (χ1v) is 9.55. The molecule has 0 bridgehead atoms. The highest BCUT2D eigenvalue weighted by Gasteiger charge is 2.20. The molecule has 0 aliphatic carbocycles. The van der Waals surface area contributed by atoms with Crippen LogP contribution < -0.4 is 15.0 Å². The second kappa shape index (κ2) is 6.93. The summed E-state index contributed by atoms with van der Waals surface area (Å²) in [7, 11) is -2.41. The lowest BCUT2D eigenvalue weighted by Gasteiger charge is -2.11. The third-order valence-electron chi connectivity index (χ3n) is 4.14. The summed E-state index contributed by atoms with van der Waals surface area (Å²) < 4.78 is 33.0. The molecule has 0 spiro atoms. The number of H-pyrrole nitrogens is 1. The molecule has 0 fully saturated rings. The van der Waals surface area contributed by atoms with Crippen LogP contribution in [0.15, 0.2) is 52.2 Å². The van der Waals surface area contributed by atoms with E-state index in [1.807, 2.05) is 25.1 Å². The van der Waals surface area contributed by atoms with E-state index in [1.165, 1.54) is 13.2 Å². The first kappa shape index (κ1) is 18.2. The summed E-state index contributed by atoms with van der Waals surface area (Å²) in [6.07, 6.45) is 0.